The number of rotatable bonds is 2. The molecule has 5 heteroatoms. The summed E-state index contributed by atoms with van der Waals surface area (Å²) in [5, 5.41) is 0. The normalized spacial score (nSPS) is 11.7. The summed E-state index contributed by atoms with van der Waals surface area (Å²) in [6.45, 7) is 0. The van der Waals surface area contributed by atoms with Crippen molar-refractivity contribution in [3.63, 3.8) is 0 Å². The fourth-order valence-corrected chi connectivity index (χ4v) is 23.6. The van der Waals surface area contributed by atoms with E-state index in [1.165, 1.54) is 3.79 Å². The molecule has 0 aliphatic carbocycles. The standard InChI is InChI=1S/C8H14BrClGe2S/c1-11(2)5-6(12(3)4)8(10)13-7(5)9/h11-12H,1-4H3. The predicted molar refractivity (Wildman–Crippen MR) is 74.1 cm³/mol. The van der Waals surface area contributed by atoms with E-state index < -0.39 is 28.7 Å². The maximum atomic E-state index is 6.25. The quantitative estimate of drug-likeness (QED) is 0.667. The van der Waals surface area contributed by atoms with Crippen LogP contribution in [0.1, 0.15) is 0 Å². The van der Waals surface area contributed by atoms with Crippen molar-refractivity contribution >= 4 is 76.4 Å². The third-order valence-corrected chi connectivity index (χ3v) is 15.2. The second-order valence-corrected chi connectivity index (χ2v) is 18.8. The Kier molecular flexibility index (Phi) is 4.91. The molecule has 0 fully saturated rings. The number of halogens is 2. The van der Waals surface area contributed by atoms with Gasteiger partial charge in [-0.25, -0.2) is 0 Å². The Morgan fingerprint density at radius 3 is 1.85 bits per heavy atom. The van der Waals surface area contributed by atoms with Gasteiger partial charge < -0.3 is 0 Å². The van der Waals surface area contributed by atoms with Crippen molar-refractivity contribution in [3.8, 4) is 0 Å². The second kappa shape index (κ2) is 5.06. The Bertz CT molecular complexity index is 281. The van der Waals surface area contributed by atoms with Crippen LogP contribution in [0.4, 0.5) is 0 Å². The van der Waals surface area contributed by atoms with Gasteiger partial charge in [0, 0.05) is 0 Å². The van der Waals surface area contributed by atoms with Gasteiger partial charge in [-0.1, -0.05) is 0 Å². The zero-order valence-electron chi connectivity index (χ0n) is 8.32. The molecule has 0 aliphatic rings. The van der Waals surface area contributed by atoms with Crippen LogP contribution < -0.4 is 8.79 Å². The molecule has 0 radical (unpaired) electrons. The number of hydrogen-bond acceptors (Lipinski definition) is 1. The van der Waals surface area contributed by atoms with Crippen molar-refractivity contribution < 1.29 is 0 Å². The maximum absolute atomic E-state index is 6.25. The van der Waals surface area contributed by atoms with Crippen LogP contribution in [0.15, 0.2) is 3.79 Å². The minimum absolute atomic E-state index is 1.07. The molecule has 0 saturated heterocycles. The molecular formula is C8H14BrClGe2S. The number of thiophene rings is 1. The first kappa shape index (κ1) is 12.6. The zero-order chi connectivity index (χ0) is 10.2. The van der Waals surface area contributed by atoms with E-state index in [1.807, 2.05) is 0 Å². The van der Waals surface area contributed by atoms with E-state index in [2.05, 4.69) is 39.0 Å². The predicted octanol–water partition coefficient (Wildman–Crippen LogP) is 2.55. The number of hydrogen-bond donors (Lipinski definition) is 0. The average Bonchev–Trinajstić information content (AvgIpc) is 2.24. The summed E-state index contributed by atoms with van der Waals surface area (Å²) in [6, 6.07) is 0. The van der Waals surface area contributed by atoms with Crippen molar-refractivity contribution in [2.24, 2.45) is 0 Å². The van der Waals surface area contributed by atoms with E-state index in [0.29, 0.717) is 0 Å². The van der Waals surface area contributed by atoms with Crippen molar-refractivity contribution in [1.82, 2.24) is 0 Å². The fraction of sp³-hybridized carbons (Fsp3) is 0.500. The Labute approximate surface area is 106 Å². The summed E-state index contributed by atoms with van der Waals surface area (Å²) in [7, 11) is 0. The molecule has 0 bridgehead atoms. The van der Waals surface area contributed by atoms with Crippen molar-refractivity contribution in [2.75, 3.05) is 0 Å². The van der Waals surface area contributed by atoms with Crippen LogP contribution in [0.2, 0.25) is 27.4 Å². The van der Waals surface area contributed by atoms with Gasteiger partial charge in [0.1, 0.15) is 0 Å². The topological polar surface area (TPSA) is 0 Å². The molecule has 0 nitrogen and oxygen atoms in total. The van der Waals surface area contributed by atoms with E-state index in [1.54, 1.807) is 20.1 Å². The van der Waals surface area contributed by atoms with Gasteiger partial charge in [-0.2, -0.15) is 0 Å². The van der Waals surface area contributed by atoms with Gasteiger partial charge in [-0.3, -0.25) is 0 Å². The van der Waals surface area contributed by atoms with Crippen LogP contribution in [-0.2, 0) is 0 Å². The molecule has 0 N–H and O–H groups in total. The summed E-state index contributed by atoms with van der Waals surface area (Å²) in [4.78, 5) is 0. The van der Waals surface area contributed by atoms with Gasteiger partial charge in [0.2, 0.25) is 0 Å². The Balaban J connectivity index is 3.29. The van der Waals surface area contributed by atoms with Gasteiger partial charge >= 0.3 is 108 Å². The summed E-state index contributed by atoms with van der Waals surface area (Å²) in [6.07, 6.45) is 0. The van der Waals surface area contributed by atoms with E-state index in [0.717, 1.165) is 4.34 Å². The van der Waals surface area contributed by atoms with Gasteiger partial charge in [0.15, 0.2) is 0 Å². The van der Waals surface area contributed by atoms with Crippen LogP contribution in [0.3, 0.4) is 0 Å². The summed E-state index contributed by atoms with van der Waals surface area (Å²) in [5.41, 5.74) is 0. The van der Waals surface area contributed by atoms with Gasteiger partial charge in [0.05, 0.1) is 0 Å². The summed E-state index contributed by atoms with van der Waals surface area (Å²) in [5.74, 6) is 9.65. The molecule has 0 amide bonds. The Hall–Kier alpha value is 1.56. The Morgan fingerprint density at radius 1 is 1.08 bits per heavy atom. The molecule has 0 saturated carbocycles. The fourth-order valence-electron chi connectivity index (χ4n) is 1.48. The van der Waals surface area contributed by atoms with Crippen LogP contribution in [-0.4, -0.2) is 28.7 Å². The van der Waals surface area contributed by atoms with E-state index in [9.17, 15) is 0 Å². The SMILES string of the molecule is [CH3][GeH]([CH3])[c]1c(Cl)sc(Br)[c]1[GeH]([CH3])[CH3]. The van der Waals surface area contributed by atoms with Crippen LogP contribution in [0, 0.1) is 0 Å². The molecule has 0 atom stereocenters. The van der Waals surface area contributed by atoms with Gasteiger partial charge in [0.25, 0.3) is 0 Å². The first-order chi connectivity index (χ1) is 5.95. The van der Waals surface area contributed by atoms with E-state index in [-0.39, 0.29) is 0 Å². The molecule has 0 aromatic carbocycles. The molecule has 0 spiro atoms. The van der Waals surface area contributed by atoms with Crippen LogP contribution in [0.5, 0.6) is 0 Å². The molecule has 74 valence electrons. The van der Waals surface area contributed by atoms with E-state index >= 15 is 0 Å². The Morgan fingerprint density at radius 2 is 1.54 bits per heavy atom. The van der Waals surface area contributed by atoms with Crippen LogP contribution in [0.25, 0.3) is 0 Å². The molecule has 0 aliphatic heterocycles. The zero-order valence-corrected chi connectivity index (χ0v) is 16.3. The molecule has 1 aromatic rings. The third kappa shape index (κ3) is 2.77. The monoisotopic (exact) mass is 404 g/mol. The average molecular weight is 403 g/mol. The first-order valence-electron chi connectivity index (χ1n) is 4.42. The first-order valence-corrected chi connectivity index (χ1v) is 18.5. The second-order valence-electron chi connectivity index (χ2n) is 3.79. The van der Waals surface area contributed by atoms with Crippen molar-refractivity contribution in [1.29, 1.82) is 0 Å². The molecule has 1 aromatic heterocycles. The molecule has 13 heavy (non-hydrogen) atoms. The summed E-state index contributed by atoms with van der Waals surface area (Å²) >= 11 is 9.26. The summed E-state index contributed by atoms with van der Waals surface area (Å²) < 4.78 is 5.62. The molecule has 1 heterocycles. The molecule has 0 unspecified atom stereocenters. The molecule has 1 rings (SSSR count). The van der Waals surface area contributed by atoms with Crippen molar-refractivity contribution in [3.05, 3.63) is 8.12 Å². The minimum atomic E-state index is -1.20. The van der Waals surface area contributed by atoms with Gasteiger partial charge in [-0.15, -0.1) is 0 Å². The van der Waals surface area contributed by atoms with Crippen molar-refractivity contribution in [2.45, 2.75) is 23.0 Å². The third-order valence-electron chi connectivity index (χ3n) is 2.05. The molecular weight excluding hydrogens is 389 g/mol. The van der Waals surface area contributed by atoms with Crippen LogP contribution >= 0.6 is 38.9 Å². The van der Waals surface area contributed by atoms with E-state index in [4.69, 9.17) is 11.6 Å². The van der Waals surface area contributed by atoms with Gasteiger partial charge in [-0.05, 0) is 0 Å².